The summed E-state index contributed by atoms with van der Waals surface area (Å²) in [6, 6.07) is 4.77. The molecule has 0 radical (unpaired) electrons. The number of hydrogen-bond acceptors (Lipinski definition) is 6. The molecule has 1 aromatic heterocycles. The van der Waals surface area contributed by atoms with E-state index in [9.17, 15) is 27.2 Å². The maximum absolute atomic E-state index is 13.3. The van der Waals surface area contributed by atoms with Crippen LogP contribution in [0, 0.1) is 23.3 Å². The van der Waals surface area contributed by atoms with E-state index < -0.39 is 62.2 Å². The molecule has 0 aliphatic carbocycles. The highest BCUT2D eigenvalue weighted by atomic mass is 36.0. The molecule has 0 saturated carbocycles. The molecule has 0 spiro atoms. The molecule has 1 heterocycles. The van der Waals surface area contributed by atoms with E-state index in [0.29, 0.717) is 0 Å². The van der Waals surface area contributed by atoms with Crippen LogP contribution in [0.15, 0.2) is 36.4 Å². The second-order valence-corrected chi connectivity index (χ2v) is 117. The van der Waals surface area contributed by atoms with Crippen molar-refractivity contribution < 1.29 is 44.9 Å². The van der Waals surface area contributed by atoms with E-state index in [1.807, 2.05) is 0 Å². The van der Waals surface area contributed by atoms with Gasteiger partial charge in [0.25, 0.3) is 5.24 Å². The predicted molar refractivity (Wildman–Crippen MR) is 410 cm³/mol. The van der Waals surface area contributed by atoms with E-state index >= 15 is 0 Å². The summed E-state index contributed by atoms with van der Waals surface area (Å²) in [5.41, 5.74) is -0.0811. The maximum Gasteiger partial charge on any atom is 0.328 e. The third-order valence-corrected chi connectivity index (χ3v) is 153. The minimum absolute atomic E-state index is 0. The quantitative estimate of drug-likeness (QED) is 0.0838. The van der Waals surface area contributed by atoms with Crippen molar-refractivity contribution in [2.24, 2.45) is 0 Å². The lowest BCUT2D eigenvalue weighted by Gasteiger charge is -2.40. The molecule has 2 aromatic carbocycles. The van der Waals surface area contributed by atoms with Crippen LogP contribution in [-0.2, 0) is 32.5 Å². The van der Waals surface area contributed by atoms with Gasteiger partial charge in [-0.1, -0.05) is 11.6 Å². The summed E-state index contributed by atoms with van der Waals surface area (Å²) in [5.74, 6) is -3.76. The number of rotatable bonds is 12. The summed E-state index contributed by atoms with van der Waals surface area (Å²) in [5, 5.41) is 7.19. The van der Waals surface area contributed by atoms with Crippen LogP contribution in [-0.4, -0.2) is 28.9 Å². The predicted octanol–water partition coefficient (Wildman–Crippen LogP) is 25.4. The number of carbonyl (C=O) groups excluding carboxylic acids is 1. The number of fused-ring (bicyclic) bond motifs is 1. The van der Waals surface area contributed by atoms with Crippen molar-refractivity contribution in [3.8, 4) is 0 Å². The first kappa shape index (κ1) is 98.4. The van der Waals surface area contributed by atoms with Crippen LogP contribution >= 0.6 is 359 Å². The molecular weight excluding hydrogens is 1750 g/mol. The van der Waals surface area contributed by atoms with Crippen LogP contribution in [0.1, 0.15) is 15.2 Å². The molecule has 52 heteroatoms. The Morgan fingerprint density at radius 3 is 1.16 bits per heavy atom. The van der Waals surface area contributed by atoms with Gasteiger partial charge in [-0.15, -0.1) is 195 Å². The Morgan fingerprint density at radius 1 is 0.557 bits per heavy atom. The van der Waals surface area contributed by atoms with Crippen molar-refractivity contribution in [1.82, 2.24) is 0 Å². The fraction of sp³-hybridized carbons (Fsp3) is 0. The fourth-order valence-electron chi connectivity index (χ4n) is 3.06. The van der Waals surface area contributed by atoms with Gasteiger partial charge in [-0.3, -0.25) is 4.79 Å². The van der Waals surface area contributed by atoms with Gasteiger partial charge in [0.05, 0.1) is 15.1 Å². The van der Waals surface area contributed by atoms with E-state index in [1.165, 1.54) is 0 Å². The number of carboxylic acids is 1. The molecule has 0 aliphatic rings. The molecular formula is C18H42Cl12F4O6P26S4. The summed E-state index contributed by atoms with van der Waals surface area (Å²) < 4.78 is 79.2. The second-order valence-electron chi connectivity index (χ2n) is 9.43. The van der Waals surface area contributed by atoms with Crippen molar-refractivity contribution in [3.63, 3.8) is 0 Å². The highest BCUT2D eigenvalue weighted by molar-refractivity contribution is 9.30. The first-order chi connectivity index (χ1) is 30.0. The molecule has 0 saturated heterocycles. The highest BCUT2D eigenvalue weighted by Crippen LogP contribution is 3.24. The topological polar surface area (TPSA) is 106 Å². The Kier molecular flexibility index (Phi) is 80.9. The monoisotopic (exact) mass is 1780 g/mol. The van der Waals surface area contributed by atoms with E-state index in [-0.39, 0.29) is 152 Å². The van der Waals surface area contributed by atoms with Gasteiger partial charge < -0.3 is 5.11 Å². The summed E-state index contributed by atoms with van der Waals surface area (Å²) in [6.07, 6.45) is 1.75. The Bertz CT molecular complexity index is 1960. The standard InChI is InChI=1S/C9H2Cl2F2OS.C9H6F2O2.3Cl2OS.4ClH.H18P16.H12P10/c10-6-5-3(12)1-2-4(13)7(5)15-8(6)9(11)14;10-7-2-3-8(11)6(5-7)1-4-9(12)13;3*1-4(2)3;;;;;1-10(2)14(9)16(13(7)8)15(11(3)4)12(5)6;1-7(2)10(8(3)4)9(5)6/h1-2H;1-5H,(H,12,13);;;;4*1H;1-9H2;1-6H2/b;4-1+;;;;;;;;;. The summed E-state index contributed by atoms with van der Waals surface area (Å²) >= 11 is 11.7. The van der Waals surface area contributed by atoms with E-state index in [4.69, 9.17) is 40.9 Å². The van der Waals surface area contributed by atoms with Crippen LogP contribution in [0.4, 0.5) is 17.6 Å². The smallest absolute Gasteiger partial charge is 0.328 e. The minimum atomic E-state index is -1.67. The van der Waals surface area contributed by atoms with Crippen molar-refractivity contribution in [2.75, 3.05) is 0 Å². The summed E-state index contributed by atoms with van der Waals surface area (Å²) in [6.45, 7) is 1.36. The number of carbonyl (C=O) groups is 2. The molecule has 0 amide bonds. The third kappa shape index (κ3) is 51.0. The molecule has 3 aromatic rings. The first-order valence-electron chi connectivity index (χ1n) is 14.3. The number of benzene rings is 2. The highest BCUT2D eigenvalue weighted by Gasteiger charge is 2.35. The summed E-state index contributed by atoms with van der Waals surface area (Å²) in [7, 11) is 67.5. The van der Waals surface area contributed by atoms with Crippen molar-refractivity contribution in [2.45, 2.75) is 0 Å². The Hall–Kier alpha value is 12.1. The molecule has 1 N–H and O–H groups in total. The molecule has 17 unspecified atom stereocenters. The van der Waals surface area contributed by atoms with Gasteiger partial charge in [0.2, 0.25) is 27.7 Å². The van der Waals surface area contributed by atoms with Gasteiger partial charge in [-0.05, 0) is 125 Å². The van der Waals surface area contributed by atoms with E-state index in [1.54, 1.807) is 0 Å². The Morgan fingerprint density at radius 2 is 0.886 bits per heavy atom. The van der Waals surface area contributed by atoms with Gasteiger partial charge in [0.15, 0.2) is 0 Å². The molecule has 6 nitrogen and oxygen atoms in total. The number of hydrogen-bond donors (Lipinski definition) is 1. The van der Waals surface area contributed by atoms with Crippen molar-refractivity contribution in [1.29, 1.82) is 0 Å². The third-order valence-electron chi connectivity index (χ3n) is 5.04. The molecule has 0 bridgehead atoms. The second kappa shape index (κ2) is 57.5. The van der Waals surface area contributed by atoms with Crippen LogP contribution in [0.3, 0.4) is 0 Å². The van der Waals surface area contributed by atoms with Crippen LogP contribution in [0.25, 0.3) is 16.2 Å². The number of halogens is 16. The van der Waals surface area contributed by atoms with Gasteiger partial charge >= 0.3 is 5.97 Å². The number of carboxylic acid groups (broad SMARTS) is 1. The summed E-state index contributed by atoms with van der Waals surface area (Å²) in [4.78, 5) is 20.9. The lowest BCUT2D eigenvalue weighted by molar-refractivity contribution is -0.131. The number of thiophene rings is 1. The van der Waals surface area contributed by atoms with E-state index in [2.05, 4.69) is 198 Å². The molecule has 17 atom stereocenters. The van der Waals surface area contributed by atoms with Crippen LogP contribution in [0.5, 0.6) is 0 Å². The zero-order valence-corrected chi connectivity index (χ0v) is 73.1. The molecule has 3 rings (SSSR count). The zero-order valence-electron chi connectivity index (χ0n) is 33.4. The van der Waals surface area contributed by atoms with Crippen molar-refractivity contribution in [3.05, 3.63) is 75.1 Å². The molecule has 0 aliphatic heterocycles. The lowest BCUT2D eigenvalue weighted by Crippen LogP contribution is -1.88. The molecule has 0 fully saturated rings. The minimum Gasteiger partial charge on any atom is -0.478 e. The van der Waals surface area contributed by atoms with E-state index in [0.717, 1.165) is 53.8 Å². The average Bonchev–Trinajstić information content (AvgIpc) is 3.49. The average molecular weight is 1790 g/mol. The Labute approximate surface area is 527 Å². The SMILES string of the molecule is Cl.Cl.Cl.Cl.O=C(Cl)c1sc2c(F)ccc(F)c2c1Cl.O=C(O)/C=C/c1cc(F)ccc1F.O=S(Cl)Cl.O=S(Cl)Cl.O=S(Cl)Cl.PP(P)P(P(P)P)P(P)P.PP(P)P(P)P(P(P)P)P(P(P)P)P(P)P. The Balaban J connectivity index is -0.000000112. The van der Waals surface area contributed by atoms with Gasteiger partial charge in [-0.25, -0.2) is 35.0 Å². The maximum atomic E-state index is 13.3. The van der Waals surface area contributed by atoms with Gasteiger partial charge in [-0.2, -0.15) is 0 Å². The zero-order chi connectivity index (χ0) is 53.1. The number of aliphatic carboxylic acids is 1. The van der Waals surface area contributed by atoms with Crippen molar-refractivity contribution >= 4 is 414 Å². The normalized spacial score (nSPS) is 11.5. The van der Waals surface area contributed by atoms with Crippen LogP contribution < -0.4 is 0 Å². The fourth-order valence-corrected chi connectivity index (χ4v) is 255. The molecule has 70 heavy (non-hydrogen) atoms. The lowest BCUT2D eigenvalue weighted by atomic mass is 10.2. The largest absolute Gasteiger partial charge is 0.478 e. The first-order valence-corrected chi connectivity index (χ1v) is 69.7. The van der Waals surface area contributed by atoms with Gasteiger partial charge in [0, 0.05) is 75.7 Å². The van der Waals surface area contributed by atoms with Crippen LogP contribution in [0.2, 0.25) is 5.02 Å². The molecule has 416 valence electrons. The van der Waals surface area contributed by atoms with Gasteiger partial charge in [0.1, 0.15) is 28.1 Å².